The van der Waals surface area contributed by atoms with Crippen LogP contribution in [-0.2, 0) is 0 Å². The van der Waals surface area contributed by atoms with E-state index in [1.54, 1.807) is 17.7 Å². The van der Waals surface area contributed by atoms with Crippen LogP contribution in [-0.4, -0.2) is 28.4 Å². The first-order valence-electron chi connectivity index (χ1n) is 5.82. The lowest BCUT2D eigenvalue weighted by Gasteiger charge is -2.26. The number of nitrogens with zero attached hydrogens (tertiary/aromatic N) is 3. The summed E-state index contributed by atoms with van der Waals surface area (Å²) in [6.07, 6.45) is 2.84. The minimum atomic E-state index is 0.398. The lowest BCUT2D eigenvalue weighted by atomic mass is 10.1. The minimum Gasteiger partial charge on any atom is -0.352 e. The van der Waals surface area contributed by atoms with Crippen LogP contribution in [0, 0.1) is 5.92 Å². The summed E-state index contributed by atoms with van der Waals surface area (Å²) in [5.74, 6) is 2.35. The zero-order valence-corrected chi connectivity index (χ0v) is 11.2. The first kappa shape index (κ1) is 11.2. The molecule has 5 heteroatoms. The van der Waals surface area contributed by atoms with Gasteiger partial charge in [-0.3, -0.25) is 0 Å². The number of aromatic nitrogens is 2. The molecule has 2 aromatic heterocycles. The molecule has 0 saturated carbocycles. The van der Waals surface area contributed by atoms with Gasteiger partial charge in [0.05, 0.1) is 5.39 Å². The molecule has 17 heavy (non-hydrogen) atoms. The van der Waals surface area contributed by atoms with Crippen LogP contribution in [0.25, 0.3) is 10.2 Å². The molecule has 2 aromatic rings. The molecule has 0 amide bonds. The Morgan fingerprint density at radius 1 is 1.53 bits per heavy atom. The fourth-order valence-corrected chi connectivity index (χ4v) is 3.71. The van der Waals surface area contributed by atoms with Crippen molar-refractivity contribution < 1.29 is 0 Å². The first-order valence-corrected chi connectivity index (χ1v) is 7.23. The number of hydrogen-bond acceptors (Lipinski definition) is 4. The number of hydrogen-bond donors (Lipinski definition) is 0. The molecule has 1 saturated heterocycles. The Morgan fingerprint density at radius 3 is 3.24 bits per heavy atom. The number of fused-ring (bicyclic) bond motifs is 1. The Labute approximate surface area is 109 Å². The van der Waals surface area contributed by atoms with E-state index < -0.39 is 0 Å². The smallest absolute Gasteiger partial charge is 0.141 e. The topological polar surface area (TPSA) is 29.0 Å². The maximum atomic E-state index is 6.09. The van der Waals surface area contributed by atoms with Gasteiger partial charge < -0.3 is 4.90 Å². The second kappa shape index (κ2) is 4.42. The van der Waals surface area contributed by atoms with Gasteiger partial charge >= 0.3 is 0 Å². The fraction of sp³-hybridized carbons (Fsp3) is 0.500. The summed E-state index contributed by atoms with van der Waals surface area (Å²) in [6, 6.07) is 2.50. The molecular formula is C12H14ClN3S. The van der Waals surface area contributed by atoms with Crippen molar-refractivity contribution in [3.63, 3.8) is 0 Å². The molecule has 2 unspecified atom stereocenters. The predicted molar refractivity (Wildman–Crippen MR) is 73.1 cm³/mol. The summed E-state index contributed by atoms with van der Waals surface area (Å²) in [6.45, 7) is 3.31. The van der Waals surface area contributed by atoms with Crippen LogP contribution in [0.2, 0.25) is 0 Å². The molecule has 0 spiro atoms. The predicted octanol–water partition coefficient (Wildman–Crippen LogP) is 3.14. The average Bonchev–Trinajstić information content (AvgIpc) is 2.94. The van der Waals surface area contributed by atoms with Crippen molar-refractivity contribution in [2.75, 3.05) is 17.3 Å². The summed E-state index contributed by atoms with van der Waals surface area (Å²) in [5.41, 5.74) is 0. The van der Waals surface area contributed by atoms with Crippen molar-refractivity contribution in [1.29, 1.82) is 0 Å². The molecule has 2 atom stereocenters. The van der Waals surface area contributed by atoms with Crippen LogP contribution < -0.4 is 4.90 Å². The molecule has 0 N–H and O–H groups in total. The van der Waals surface area contributed by atoms with E-state index in [2.05, 4.69) is 33.2 Å². The Bertz CT molecular complexity index is 527. The van der Waals surface area contributed by atoms with E-state index >= 15 is 0 Å². The van der Waals surface area contributed by atoms with Crippen molar-refractivity contribution in [2.45, 2.75) is 19.4 Å². The number of halogens is 1. The van der Waals surface area contributed by atoms with E-state index in [4.69, 9.17) is 11.6 Å². The highest BCUT2D eigenvalue weighted by atomic mass is 35.5. The van der Waals surface area contributed by atoms with Crippen LogP contribution in [0.1, 0.15) is 13.3 Å². The number of rotatable bonds is 2. The van der Waals surface area contributed by atoms with Crippen molar-refractivity contribution in [1.82, 2.24) is 9.97 Å². The summed E-state index contributed by atoms with van der Waals surface area (Å²) < 4.78 is 0. The van der Waals surface area contributed by atoms with Crippen LogP contribution >= 0.6 is 22.9 Å². The zero-order chi connectivity index (χ0) is 11.8. The molecule has 0 aliphatic carbocycles. The maximum Gasteiger partial charge on any atom is 0.141 e. The Morgan fingerprint density at radius 2 is 2.41 bits per heavy atom. The quantitative estimate of drug-likeness (QED) is 0.783. The largest absolute Gasteiger partial charge is 0.352 e. The van der Waals surface area contributed by atoms with Crippen LogP contribution in [0.15, 0.2) is 17.8 Å². The zero-order valence-electron chi connectivity index (χ0n) is 9.64. The van der Waals surface area contributed by atoms with Crippen molar-refractivity contribution in [3.05, 3.63) is 17.8 Å². The molecular weight excluding hydrogens is 254 g/mol. The lowest BCUT2D eigenvalue weighted by molar-refractivity contribution is 0.549. The van der Waals surface area contributed by atoms with Crippen LogP contribution in [0.3, 0.4) is 0 Å². The number of thiophene rings is 1. The maximum absolute atomic E-state index is 6.09. The van der Waals surface area contributed by atoms with Gasteiger partial charge in [0, 0.05) is 18.5 Å². The molecule has 1 aliphatic rings. The molecule has 0 aromatic carbocycles. The van der Waals surface area contributed by atoms with Crippen molar-refractivity contribution >= 4 is 39.0 Å². The summed E-state index contributed by atoms with van der Waals surface area (Å²) in [7, 11) is 0. The third kappa shape index (κ3) is 1.79. The third-order valence-electron chi connectivity index (χ3n) is 3.55. The average molecular weight is 268 g/mol. The molecule has 3 heterocycles. The second-order valence-corrected chi connectivity index (χ2v) is 5.72. The molecule has 3 nitrogen and oxygen atoms in total. The molecule has 1 fully saturated rings. The summed E-state index contributed by atoms with van der Waals surface area (Å²) >= 11 is 7.75. The van der Waals surface area contributed by atoms with E-state index in [9.17, 15) is 0 Å². The molecule has 3 rings (SSSR count). The monoisotopic (exact) mass is 267 g/mol. The number of alkyl halides is 1. The molecule has 1 aliphatic heterocycles. The van der Waals surface area contributed by atoms with Crippen molar-refractivity contribution in [2.24, 2.45) is 5.92 Å². The Hall–Kier alpha value is -0.870. The molecule has 0 bridgehead atoms. The summed E-state index contributed by atoms with van der Waals surface area (Å²) in [5, 5.41) is 3.22. The van der Waals surface area contributed by atoms with Crippen molar-refractivity contribution in [3.8, 4) is 0 Å². The van der Waals surface area contributed by atoms with Crippen LogP contribution in [0.4, 0.5) is 5.82 Å². The normalized spacial score (nSPS) is 24.7. The van der Waals surface area contributed by atoms with E-state index in [1.807, 2.05) is 0 Å². The Kier molecular flexibility index (Phi) is 2.92. The number of anilines is 1. The van der Waals surface area contributed by atoms with Gasteiger partial charge in [-0.05, 0) is 23.8 Å². The highest BCUT2D eigenvalue weighted by Crippen LogP contribution is 2.34. The Balaban J connectivity index is 2.06. The van der Waals surface area contributed by atoms with Gasteiger partial charge in [-0.25, -0.2) is 9.97 Å². The van der Waals surface area contributed by atoms with E-state index in [0.717, 1.165) is 22.6 Å². The standard InChI is InChI=1S/C12H14ClN3S/c1-8-2-4-16(10(8)6-13)11-9-3-5-17-12(9)15-7-14-11/h3,5,7-8,10H,2,4,6H2,1H3. The summed E-state index contributed by atoms with van der Waals surface area (Å²) in [4.78, 5) is 12.1. The highest BCUT2D eigenvalue weighted by Gasteiger charge is 2.32. The van der Waals surface area contributed by atoms with Gasteiger partial charge in [0.25, 0.3) is 0 Å². The third-order valence-corrected chi connectivity index (χ3v) is 4.69. The van der Waals surface area contributed by atoms with Gasteiger partial charge in [-0.1, -0.05) is 6.92 Å². The van der Waals surface area contributed by atoms with E-state index in [1.165, 1.54) is 6.42 Å². The highest BCUT2D eigenvalue weighted by molar-refractivity contribution is 7.16. The van der Waals surface area contributed by atoms with Crippen LogP contribution in [0.5, 0.6) is 0 Å². The van der Waals surface area contributed by atoms with Gasteiger partial charge in [0.15, 0.2) is 0 Å². The molecule has 90 valence electrons. The fourth-order valence-electron chi connectivity index (χ4n) is 2.51. The van der Waals surface area contributed by atoms with E-state index in [-0.39, 0.29) is 0 Å². The lowest BCUT2D eigenvalue weighted by Crippen LogP contribution is -2.34. The molecule has 0 radical (unpaired) electrons. The van der Waals surface area contributed by atoms with E-state index in [0.29, 0.717) is 17.8 Å². The minimum absolute atomic E-state index is 0.398. The van der Waals surface area contributed by atoms with Gasteiger partial charge in [-0.2, -0.15) is 0 Å². The first-order chi connectivity index (χ1) is 8.31. The van der Waals surface area contributed by atoms with Gasteiger partial charge in [0.1, 0.15) is 17.0 Å². The van der Waals surface area contributed by atoms with Gasteiger partial charge in [0.2, 0.25) is 0 Å². The SMILES string of the molecule is CC1CCN(c2ncnc3sccc23)C1CCl. The van der Waals surface area contributed by atoms with Gasteiger partial charge in [-0.15, -0.1) is 22.9 Å². The second-order valence-electron chi connectivity index (χ2n) is 4.52.